The minimum Gasteiger partial charge on any atom is -0.330 e. The predicted octanol–water partition coefficient (Wildman–Crippen LogP) is 3.44. The number of urea groups is 1. The normalized spacial score (nSPS) is 18.8. The summed E-state index contributed by atoms with van der Waals surface area (Å²) in [5.74, 6) is -1.23. The summed E-state index contributed by atoms with van der Waals surface area (Å²) < 4.78 is 0. The molecule has 0 aliphatic carbocycles. The maximum absolute atomic E-state index is 12.9. The summed E-state index contributed by atoms with van der Waals surface area (Å²) >= 11 is 1.59. The first-order valence-electron chi connectivity index (χ1n) is 8.34. The minimum absolute atomic E-state index is 0.129. The van der Waals surface area contributed by atoms with E-state index in [-0.39, 0.29) is 11.4 Å². The summed E-state index contributed by atoms with van der Waals surface area (Å²) in [7, 11) is 0. The smallest absolute Gasteiger partial charge is 0.319 e. The summed E-state index contributed by atoms with van der Waals surface area (Å²) in [6, 6.07) is 12.1. The molecule has 144 valence electrons. The van der Waals surface area contributed by atoms with E-state index in [1.165, 1.54) is 18.2 Å². The van der Waals surface area contributed by atoms with Gasteiger partial charge in [-0.15, -0.1) is 11.8 Å². The lowest BCUT2D eigenvalue weighted by molar-refractivity contribution is -0.384. The second-order valence-electron chi connectivity index (χ2n) is 6.15. The zero-order chi connectivity index (χ0) is 20.3. The summed E-state index contributed by atoms with van der Waals surface area (Å²) in [4.78, 5) is 36.3. The van der Waals surface area contributed by atoms with Crippen LogP contribution >= 0.6 is 11.8 Å². The Morgan fingerprint density at radius 1 is 1.25 bits per heavy atom. The van der Waals surface area contributed by atoms with Gasteiger partial charge in [-0.1, -0.05) is 24.8 Å². The Kier molecular flexibility index (Phi) is 5.65. The monoisotopic (exact) mass is 398 g/mol. The number of nitro groups is 1. The van der Waals surface area contributed by atoms with E-state index < -0.39 is 28.8 Å². The first-order chi connectivity index (χ1) is 13.4. The number of rotatable bonds is 5. The highest BCUT2D eigenvalue weighted by molar-refractivity contribution is 7.98. The Hall–Kier alpha value is -3.33. The Bertz CT molecular complexity index is 945. The van der Waals surface area contributed by atoms with E-state index in [0.29, 0.717) is 5.69 Å². The quantitative estimate of drug-likeness (QED) is 0.406. The molecule has 0 bridgehead atoms. The summed E-state index contributed by atoms with van der Waals surface area (Å²) in [5, 5.41) is 18.9. The number of thioether (sulfide) groups is 1. The van der Waals surface area contributed by atoms with Gasteiger partial charge in [0.25, 0.3) is 5.69 Å². The van der Waals surface area contributed by atoms with Crippen molar-refractivity contribution in [3.63, 3.8) is 0 Å². The number of carbonyl (C=O) groups is 2. The molecule has 8 nitrogen and oxygen atoms in total. The molecule has 1 aliphatic heterocycles. The zero-order valence-corrected chi connectivity index (χ0v) is 15.8. The number of non-ortho nitro benzene ring substituents is 1. The number of amides is 3. The lowest BCUT2D eigenvalue weighted by atomic mass is 9.88. The maximum Gasteiger partial charge on any atom is 0.319 e. The van der Waals surface area contributed by atoms with E-state index >= 15 is 0 Å². The SMILES string of the molecule is C=C1NC(=O)N[C@@H](c2ccc(SC)cc2)[C@H]1C(=O)Nc1cccc([N+](=O)[O-])c1. The number of carbonyl (C=O) groups excluding carboxylic acids is 2. The van der Waals surface area contributed by atoms with Crippen LogP contribution in [0.2, 0.25) is 0 Å². The van der Waals surface area contributed by atoms with E-state index in [0.717, 1.165) is 10.5 Å². The molecule has 1 aliphatic rings. The highest BCUT2D eigenvalue weighted by atomic mass is 32.2. The van der Waals surface area contributed by atoms with Crippen molar-refractivity contribution in [1.82, 2.24) is 10.6 Å². The molecule has 3 amide bonds. The summed E-state index contributed by atoms with van der Waals surface area (Å²) in [6.07, 6.45) is 1.96. The standard InChI is InChI=1S/C19H18N4O4S/c1-11-16(18(24)21-13-4-3-5-14(10-13)23(26)27)17(22-19(25)20-11)12-6-8-15(28-2)9-7-12/h3-10,16-17H,1H2,2H3,(H,21,24)(H2,20,22,25)/t16-,17-/m0/s1. The number of hydrogen-bond donors (Lipinski definition) is 3. The van der Waals surface area contributed by atoms with E-state index in [1.807, 2.05) is 30.5 Å². The molecule has 2 aromatic carbocycles. The lowest BCUT2D eigenvalue weighted by Crippen LogP contribution is -2.51. The summed E-state index contributed by atoms with van der Waals surface area (Å²) in [5.41, 5.74) is 1.18. The fraction of sp³-hybridized carbons (Fsp3) is 0.158. The molecule has 3 rings (SSSR count). The van der Waals surface area contributed by atoms with Crippen molar-refractivity contribution in [2.24, 2.45) is 5.92 Å². The third kappa shape index (κ3) is 4.15. The molecule has 9 heteroatoms. The second kappa shape index (κ2) is 8.13. The van der Waals surface area contributed by atoms with Crippen LogP contribution in [0.4, 0.5) is 16.2 Å². The maximum atomic E-state index is 12.9. The first-order valence-corrected chi connectivity index (χ1v) is 9.57. The van der Waals surface area contributed by atoms with Gasteiger partial charge in [-0.05, 0) is 30.0 Å². The largest absolute Gasteiger partial charge is 0.330 e. The van der Waals surface area contributed by atoms with E-state index in [9.17, 15) is 19.7 Å². The van der Waals surface area contributed by atoms with E-state index in [4.69, 9.17) is 0 Å². The van der Waals surface area contributed by atoms with Crippen molar-refractivity contribution >= 4 is 35.1 Å². The third-order valence-corrected chi connectivity index (χ3v) is 5.09. The van der Waals surface area contributed by atoms with Gasteiger partial charge >= 0.3 is 6.03 Å². The van der Waals surface area contributed by atoms with Crippen LogP contribution in [0.15, 0.2) is 65.7 Å². The number of hydrogen-bond acceptors (Lipinski definition) is 5. The molecule has 0 unspecified atom stereocenters. The van der Waals surface area contributed by atoms with Crippen LogP contribution in [0, 0.1) is 16.0 Å². The highest BCUT2D eigenvalue weighted by Crippen LogP contribution is 2.31. The number of nitrogens with zero attached hydrogens (tertiary/aromatic N) is 1. The molecule has 0 spiro atoms. The molecule has 1 heterocycles. The van der Waals surface area contributed by atoms with Crippen molar-refractivity contribution in [3.05, 3.63) is 76.5 Å². The van der Waals surface area contributed by atoms with Crippen LogP contribution in [0.25, 0.3) is 0 Å². The fourth-order valence-corrected chi connectivity index (χ4v) is 3.41. The number of benzene rings is 2. The molecular weight excluding hydrogens is 380 g/mol. The zero-order valence-electron chi connectivity index (χ0n) is 15.0. The molecule has 1 saturated heterocycles. The van der Waals surface area contributed by atoms with Gasteiger partial charge in [0.05, 0.1) is 11.0 Å². The molecule has 0 aromatic heterocycles. The van der Waals surface area contributed by atoms with Gasteiger partial charge in [-0.2, -0.15) is 0 Å². The van der Waals surface area contributed by atoms with Gasteiger partial charge in [0.2, 0.25) is 5.91 Å². The van der Waals surface area contributed by atoms with Crippen molar-refractivity contribution in [1.29, 1.82) is 0 Å². The Morgan fingerprint density at radius 3 is 2.61 bits per heavy atom. The summed E-state index contributed by atoms with van der Waals surface area (Å²) in [6.45, 7) is 3.82. The number of nitro benzene ring substituents is 1. The lowest BCUT2D eigenvalue weighted by Gasteiger charge is -2.34. The average Bonchev–Trinajstić information content (AvgIpc) is 2.67. The van der Waals surface area contributed by atoms with Gasteiger partial charge in [0, 0.05) is 28.4 Å². The van der Waals surface area contributed by atoms with Crippen molar-refractivity contribution in [3.8, 4) is 0 Å². The number of anilines is 1. The molecule has 1 fully saturated rings. The molecule has 28 heavy (non-hydrogen) atoms. The highest BCUT2D eigenvalue weighted by Gasteiger charge is 2.37. The second-order valence-corrected chi connectivity index (χ2v) is 7.03. The Labute approximate surface area is 165 Å². The number of nitrogens with one attached hydrogen (secondary N) is 3. The van der Waals surface area contributed by atoms with Crippen LogP contribution in [0.5, 0.6) is 0 Å². The third-order valence-electron chi connectivity index (χ3n) is 4.35. The molecule has 0 radical (unpaired) electrons. The topological polar surface area (TPSA) is 113 Å². The Morgan fingerprint density at radius 2 is 1.96 bits per heavy atom. The average molecular weight is 398 g/mol. The van der Waals surface area contributed by atoms with Gasteiger partial charge in [-0.25, -0.2) is 4.79 Å². The van der Waals surface area contributed by atoms with Crippen LogP contribution in [-0.4, -0.2) is 23.1 Å². The molecule has 3 N–H and O–H groups in total. The van der Waals surface area contributed by atoms with E-state index in [2.05, 4.69) is 22.5 Å². The molecule has 2 atom stereocenters. The first kappa shape index (κ1) is 19.4. The molecule has 0 saturated carbocycles. The van der Waals surface area contributed by atoms with Crippen molar-refractivity contribution < 1.29 is 14.5 Å². The van der Waals surface area contributed by atoms with Crippen LogP contribution in [0.3, 0.4) is 0 Å². The van der Waals surface area contributed by atoms with Crippen LogP contribution in [-0.2, 0) is 4.79 Å². The minimum atomic E-state index is -0.794. The molecule has 2 aromatic rings. The predicted molar refractivity (Wildman–Crippen MR) is 107 cm³/mol. The van der Waals surface area contributed by atoms with Crippen LogP contribution in [0.1, 0.15) is 11.6 Å². The van der Waals surface area contributed by atoms with E-state index in [1.54, 1.807) is 17.8 Å². The van der Waals surface area contributed by atoms with Gasteiger partial charge in [0.15, 0.2) is 0 Å². The van der Waals surface area contributed by atoms with Gasteiger partial charge in [-0.3, -0.25) is 14.9 Å². The van der Waals surface area contributed by atoms with Gasteiger partial charge < -0.3 is 16.0 Å². The molecular formula is C19H18N4O4S. The Balaban J connectivity index is 1.87. The van der Waals surface area contributed by atoms with Crippen molar-refractivity contribution in [2.75, 3.05) is 11.6 Å². The van der Waals surface area contributed by atoms with Crippen molar-refractivity contribution in [2.45, 2.75) is 10.9 Å². The van der Waals surface area contributed by atoms with Crippen LogP contribution < -0.4 is 16.0 Å². The fourth-order valence-electron chi connectivity index (χ4n) is 3.00. The van der Waals surface area contributed by atoms with Gasteiger partial charge in [0.1, 0.15) is 5.92 Å².